The second-order valence-corrected chi connectivity index (χ2v) is 4.47. The fourth-order valence-electron chi connectivity index (χ4n) is 2.19. The third kappa shape index (κ3) is 2.45. The first-order chi connectivity index (χ1) is 10.2. The van der Waals surface area contributed by atoms with Gasteiger partial charge in [-0.05, 0) is 24.3 Å². The Morgan fingerprint density at radius 1 is 1.00 bits per heavy atom. The number of halogens is 2. The summed E-state index contributed by atoms with van der Waals surface area (Å²) in [5.41, 5.74) is 1.58. The van der Waals surface area contributed by atoms with E-state index in [0.29, 0.717) is 17.7 Å². The van der Waals surface area contributed by atoms with Gasteiger partial charge < -0.3 is 0 Å². The Labute approximate surface area is 119 Å². The third-order valence-corrected chi connectivity index (χ3v) is 3.06. The van der Waals surface area contributed by atoms with Crippen LogP contribution in [0.4, 0.5) is 8.78 Å². The highest BCUT2D eigenvalue weighted by Gasteiger charge is 2.15. The summed E-state index contributed by atoms with van der Waals surface area (Å²) in [6, 6.07) is 12.2. The van der Waals surface area contributed by atoms with Crippen molar-refractivity contribution in [3.05, 3.63) is 71.9 Å². The molecule has 3 aromatic rings. The molecule has 0 saturated heterocycles. The molecular formula is C16H10F2N2O. The number of para-hydroxylation sites is 1. The molecule has 0 bridgehead atoms. The van der Waals surface area contributed by atoms with Crippen LogP contribution in [0, 0.1) is 11.6 Å². The summed E-state index contributed by atoms with van der Waals surface area (Å²) in [4.78, 5) is 11.2. The maximum absolute atomic E-state index is 13.4. The molecule has 0 unspecified atom stereocenters. The van der Waals surface area contributed by atoms with Crippen LogP contribution < -0.4 is 0 Å². The minimum absolute atomic E-state index is 0.260. The Balaban J connectivity index is 2.26. The van der Waals surface area contributed by atoms with Crippen molar-refractivity contribution < 1.29 is 13.6 Å². The van der Waals surface area contributed by atoms with Crippen molar-refractivity contribution in [3.63, 3.8) is 0 Å². The van der Waals surface area contributed by atoms with Gasteiger partial charge in [0.15, 0.2) is 6.29 Å². The molecule has 0 aliphatic carbocycles. The van der Waals surface area contributed by atoms with Crippen molar-refractivity contribution >= 4 is 6.29 Å². The van der Waals surface area contributed by atoms with Crippen molar-refractivity contribution in [2.24, 2.45) is 0 Å². The van der Waals surface area contributed by atoms with Gasteiger partial charge in [0.05, 0.1) is 23.1 Å². The Morgan fingerprint density at radius 3 is 2.29 bits per heavy atom. The molecule has 21 heavy (non-hydrogen) atoms. The molecule has 0 N–H and O–H groups in total. The van der Waals surface area contributed by atoms with Gasteiger partial charge in [-0.1, -0.05) is 18.2 Å². The van der Waals surface area contributed by atoms with E-state index in [1.165, 1.54) is 23.0 Å². The van der Waals surface area contributed by atoms with Crippen LogP contribution in [-0.2, 0) is 0 Å². The van der Waals surface area contributed by atoms with Gasteiger partial charge in [0.1, 0.15) is 11.6 Å². The number of rotatable bonds is 3. The summed E-state index contributed by atoms with van der Waals surface area (Å²) in [5, 5.41) is 4.13. The summed E-state index contributed by atoms with van der Waals surface area (Å²) >= 11 is 0. The maximum atomic E-state index is 13.4. The normalized spacial score (nSPS) is 10.6. The molecule has 1 heterocycles. The smallest absolute Gasteiger partial charge is 0.153 e. The minimum atomic E-state index is -0.706. The van der Waals surface area contributed by atoms with E-state index in [2.05, 4.69) is 5.10 Å². The Hall–Kier alpha value is -2.82. The van der Waals surface area contributed by atoms with Crippen molar-refractivity contribution in [3.8, 4) is 16.9 Å². The molecule has 0 saturated carbocycles. The van der Waals surface area contributed by atoms with Crippen LogP contribution >= 0.6 is 0 Å². The maximum Gasteiger partial charge on any atom is 0.153 e. The van der Waals surface area contributed by atoms with Crippen LogP contribution in [0.15, 0.2) is 54.7 Å². The largest absolute Gasteiger partial charge is 0.298 e. The lowest BCUT2D eigenvalue weighted by atomic mass is 10.1. The van der Waals surface area contributed by atoms with Gasteiger partial charge >= 0.3 is 0 Å². The molecule has 0 spiro atoms. The predicted octanol–water partition coefficient (Wildman–Crippen LogP) is 3.63. The molecule has 2 aromatic carbocycles. The van der Waals surface area contributed by atoms with Crippen LogP contribution in [0.1, 0.15) is 10.4 Å². The topological polar surface area (TPSA) is 34.9 Å². The van der Waals surface area contributed by atoms with E-state index in [0.717, 1.165) is 6.07 Å². The van der Waals surface area contributed by atoms with Crippen LogP contribution in [0.25, 0.3) is 16.9 Å². The summed E-state index contributed by atoms with van der Waals surface area (Å²) in [6.45, 7) is 0. The highest BCUT2D eigenvalue weighted by molar-refractivity contribution is 5.86. The third-order valence-electron chi connectivity index (χ3n) is 3.06. The molecule has 104 valence electrons. The summed E-state index contributed by atoms with van der Waals surface area (Å²) in [7, 11) is 0. The molecule has 0 amide bonds. The lowest BCUT2D eigenvalue weighted by Crippen LogP contribution is -2.00. The number of hydrogen-bond acceptors (Lipinski definition) is 2. The second kappa shape index (κ2) is 5.28. The average Bonchev–Trinajstić information content (AvgIpc) is 2.91. The molecule has 3 rings (SSSR count). The van der Waals surface area contributed by atoms with Gasteiger partial charge in [-0.2, -0.15) is 5.10 Å². The zero-order chi connectivity index (χ0) is 14.8. The molecule has 1 aromatic heterocycles. The Morgan fingerprint density at radius 2 is 1.67 bits per heavy atom. The van der Waals surface area contributed by atoms with E-state index in [-0.39, 0.29) is 11.1 Å². The molecule has 0 aliphatic rings. The summed E-state index contributed by atoms with van der Waals surface area (Å²) in [6.07, 6.45) is 1.99. The molecule has 3 nitrogen and oxygen atoms in total. The second-order valence-electron chi connectivity index (χ2n) is 4.47. The number of carbonyl (C=O) groups is 1. The van der Waals surface area contributed by atoms with Crippen LogP contribution in [0.5, 0.6) is 0 Å². The summed E-state index contributed by atoms with van der Waals surface area (Å²) < 4.78 is 28.3. The van der Waals surface area contributed by atoms with Gasteiger partial charge in [-0.3, -0.25) is 4.79 Å². The molecule has 0 aliphatic heterocycles. The fraction of sp³-hybridized carbons (Fsp3) is 0. The predicted molar refractivity (Wildman–Crippen MR) is 74.3 cm³/mol. The van der Waals surface area contributed by atoms with Crippen molar-refractivity contribution in [2.75, 3.05) is 0 Å². The van der Waals surface area contributed by atoms with E-state index >= 15 is 0 Å². The highest BCUT2D eigenvalue weighted by atomic mass is 19.1. The van der Waals surface area contributed by atoms with Gasteiger partial charge in [0.25, 0.3) is 0 Å². The van der Waals surface area contributed by atoms with Gasteiger partial charge in [0, 0.05) is 11.6 Å². The van der Waals surface area contributed by atoms with Crippen molar-refractivity contribution in [1.29, 1.82) is 0 Å². The van der Waals surface area contributed by atoms with E-state index in [4.69, 9.17) is 0 Å². The number of aldehydes is 1. The zero-order valence-corrected chi connectivity index (χ0v) is 10.8. The monoisotopic (exact) mass is 284 g/mol. The lowest BCUT2D eigenvalue weighted by molar-refractivity contribution is 0.112. The van der Waals surface area contributed by atoms with Gasteiger partial charge in [-0.25, -0.2) is 13.5 Å². The summed E-state index contributed by atoms with van der Waals surface area (Å²) in [5.74, 6) is -1.41. The van der Waals surface area contributed by atoms with Gasteiger partial charge in [0.2, 0.25) is 0 Å². The minimum Gasteiger partial charge on any atom is -0.298 e. The number of carbonyl (C=O) groups excluding carboxylic acids is 1. The number of aromatic nitrogens is 2. The van der Waals surface area contributed by atoms with Crippen molar-refractivity contribution in [1.82, 2.24) is 9.78 Å². The first-order valence-electron chi connectivity index (χ1n) is 6.24. The van der Waals surface area contributed by atoms with E-state index in [1.807, 2.05) is 18.2 Å². The molecule has 5 heteroatoms. The quantitative estimate of drug-likeness (QED) is 0.688. The number of hydrogen-bond donors (Lipinski definition) is 0. The first-order valence-corrected chi connectivity index (χ1v) is 6.24. The van der Waals surface area contributed by atoms with E-state index in [1.54, 1.807) is 12.1 Å². The van der Waals surface area contributed by atoms with Crippen molar-refractivity contribution in [2.45, 2.75) is 0 Å². The number of benzene rings is 2. The molecule has 0 radical (unpaired) electrons. The van der Waals surface area contributed by atoms with Crippen LogP contribution in [0.2, 0.25) is 0 Å². The lowest BCUT2D eigenvalue weighted by Gasteiger charge is -2.09. The fourth-order valence-corrected chi connectivity index (χ4v) is 2.19. The molecule has 0 atom stereocenters. The van der Waals surface area contributed by atoms with Crippen LogP contribution in [0.3, 0.4) is 0 Å². The van der Waals surface area contributed by atoms with Crippen LogP contribution in [-0.4, -0.2) is 16.1 Å². The number of nitrogens with zero attached hydrogens (tertiary/aromatic N) is 2. The SMILES string of the molecule is O=Cc1cnn(-c2ccccc2)c1-c1cc(F)cc(F)c1. The molecule has 0 fully saturated rings. The average molecular weight is 284 g/mol. The standard InChI is InChI=1S/C16H10F2N2O/c17-13-6-11(7-14(18)8-13)16-12(10-21)9-19-20(16)15-4-2-1-3-5-15/h1-10H. The molecular weight excluding hydrogens is 274 g/mol. The van der Waals surface area contributed by atoms with E-state index < -0.39 is 11.6 Å². The Bertz CT molecular complexity index is 777. The van der Waals surface area contributed by atoms with E-state index in [9.17, 15) is 13.6 Å². The first kappa shape index (κ1) is 13.2. The Kier molecular flexibility index (Phi) is 3.31. The zero-order valence-electron chi connectivity index (χ0n) is 10.8. The van der Waals surface area contributed by atoms with Gasteiger partial charge in [-0.15, -0.1) is 0 Å². The highest BCUT2D eigenvalue weighted by Crippen LogP contribution is 2.27.